The molecule has 4 rings (SSSR count). The maximum atomic E-state index is 11.1. The number of carboxylic acid groups (broad SMARTS) is 1. The van der Waals surface area contributed by atoms with Crippen LogP contribution in [0.25, 0.3) is 5.57 Å². The van der Waals surface area contributed by atoms with Gasteiger partial charge in [0.15, 0.2) is 6.10 Å². The smallest absolute Gasteiger partial charge is 0.344 e. The van der Waals surface area contributed by atoms with Gasteiger partial charge >= 0.3 is 5.97 Å². The third-order valence-electron chi connectivity index (χ3n) is 5.48. The lowest BCUT2D eigenvalue weighted by molar-refractivity contribution is -0.144. The molecular weight excluding hydrogens is 559 g/mol. The molecule has 0 aliphatic heterocycles. The van der Waals surface area contributed by atoms with E-state index in [9.17, 15) is 4.79 Å². The van der Waals surface area contributed by atoms with E-state index >= 15 is 0 Å². The summed E-state index contributed by atoms with van der Waals surface area (Å²) in [5, 5.41) is 9.85. The van der Waals surface area contributed by atoms with Crippen molar-refractivity contribution < 1.29 is 19.4 Å². The van der Waals surface area contributed by atoms with Crippen LogP contribution in [-0.4, -0.2) is 29.0 Å². The van der Waals surface area contributed by atoms with Crippen LogP contribution in [0.2, 0.25) is 0 Å². The SMILES string of the molecule is Cc1cc(OC/C=C(\c2ccc(I)cc2)c2ccc(SC3CC3)cc2)ccc1OC(C)C(=O)O. The molecule has 1 saturated carbocycles. The van der Waals surface area contributed by atoms with E-state index < -0.39 is 12.1 Å². The lowest BCUT2D eigenvalue weighted by Crippen LogP contribution is -2.23. The molecule has 1 N–H and O–H groups in total. The molecule has 0 aromatic heterocycles. The van der Waals surface area contributed by atoms with Crippen LogP contribution >= 0.6 is 34.4 Å². The lowest BCUT2D eigenvalue weighted by atomic mass is 9.98. The molecular formula is C28H27IO4S. The van der Waals surface area contributed by atoms with Gasteiger partial charge < -0.3 is 14.6 Å². The zero-order valence-electron chi connectivity index (χ0n) is 19.2. The Labute approximate surface area is 218 Å². The van der Waals surface area contributed by atoms with E-state index in [-0.39, 0.29) is 0 Å². The molecule has 34 heavy (non-hydrogen) atoms. The van der Waals surface area contributed by atoms with Gasteiger partial charge in [0, 0.05) is 13.7 Å². The van der Waals surface area contributed by atoms with Gasteiger partial charge in [0.25, 0.3) is 0 Å². The van der Waals surface area contributed by atoms with Crippen LogP contribution in [0.5, 0.6) is 11.5 Å². The fourth-order valence-corrected chi connectivity index (χ4v) is 4.84. The third kappa shape index (κ3) is 6.79. The fraction of sp³-hybridized carbons (Fsp3) is 0.250. The van der Waals surface area contributed by atoms with E-state index in [1.165, 1.54) is 28.2 Å². The Balaban J connectivity index is 1.49. The Morgan fingerprint density at radius 1 is 1.09 bits per heavy atom. The Bertz CT molecular complexity index is 1170. The van der Waals surface area contributed by atoms with Crippen molar-refractivity contribution in [3.8, 4) is 11.5 Å². The molecule has 0 heterocycles. The van der Waals surface area contributed by atoms with Gasteiger partial charge in [-0.1, -0.05) is 24.3 Å². The molecule has 0 saturated heterocycles. The highest BCUT2D eigenvalue weighted by Crippen LogP contribution is 2.39. The molecule has 0 amide bonds. The first-order valence-corrected chi connectivity index (χ1v) is 13.2. The zero-order chi connectivity index (χ0) is 24.1. The number of benzene rings is 3. The van der Waals surface area contributed by atoms with Gasteiger partial charge in [0.05, 0.1) is 0 Å². The molecule has 1 aliphatic rings. The topological polar surface area (TPSA) is 55.8 Å². The number of thioether (sulfide) groups is 1. The minimum atomic E-state index is -0.993. The van der Waals surface area contributed by atoms with Gasteiger partial charge in [-0.15, -0.1) is 11.8 Å². The standard InChI is InChI=1S/C28H27IO4S/c1-18-17-23(9-14-27(18)33-19(2)28(30)31)32-16-15-26(20-3-7-22(29)8-4-20)21-5-10-24(11-6-21)34-25-12-13-25/h3-11,14-15,17,19,25H,12-13,16H2,1-2H3,(H,30,31)/b26-15+. The Morgan fingerprint density at radius 3 is 2.32 bits per heavy atom. The molecule has 3 aromatic rings. The minimum Gasteiger partial charge on any atom is -0.489 e. The minimum absolute atomic E-state index is 0.408. The molecule has 1 fully saturated rings. The normalized spacial score (nSPS) is 14.5. The summed E-state index contributed by atoms with van der Waals surface area (Å²) in [6, 6.07) is 22.7. The summed E-state index contributed by atoms with van der Waals surface area (Å²) in [7, 11) is 0. The number of ether oxygens (including phenoxy) is 2. The number of halogens is 1. The predicted octanol–water partition coefficient (Wildman–Crippen LogP) is 7.22. The zero-order valence-corrected chi connectivity index (χ0v) is 22.1. The van der Waals surface area contributed by atoms with Crippen molar-refractivity contribution in [2.45, 2.75) is 42.9 Å². The largest absolute Gasteiger partial charge is 0.489 e. The molecule has 176 valence electrons. The number of rotatable bonds is 10. The average molecular weight is 586 g/mol. The number of aliphatic carboxylic acids is 1. The maximum Gasteiger partial charge on any atom is 0.344 e. The van der Waals surface area contributed by atoms with E-state index in [4.69, 9.17) is 14.6 Å². The molecule has 1 aliphatic carbocycles. The summed E-state index contributed by atoms with van der Waals surface area (Å²) in [4.78, 5) is 12.4. The Morgan fingerprint density at radius 2 is 1.74 bits per heavy atom. The van der Waals surface area contributed by atoms with Crippen LogP contribution in [0, 0.1) is 10.5 Å². The third-order valence-corrected chi connectivity index (χ3v) is 7.55. The molecule has 1 atom stereocenters. The lowest BCUT2D eigenvalue weighted by Gasteiger charge is -2.14. The number of aryl methyl sites for hydroxylation is 1. The van der Waals surface area contributed by atoms with Crippen molar-refractivity contribution in [1.82, 2.24) is 0 Å². The molecule has 4 nitrogen and oxygen atoms in total. The van der Waals surface area contributed by atoms with Crippen LogP contribution in [0.1, 0.15) is 36.5 Å². The number of carbonyl (C=O) groups is 1. The molecule has 0 radical (unpaired) electrons. The number of hydrogen-bond donors (Lipinski definition) is 1. The van der Waals surface area contributed by atoms with E-state index in [2.05, 4.69) is 77.2 Å². The van der Waals surface area contributed by atoms with Crippen molar-refractivity contribution in [2.24, 2.45) is 0 Å². The van der Waals surface area contributed by atoms with E-state index in [0.717, 1.165) is 27.5 Å². The molecule has 1 unspecified atom stereocenters. The summed E-state index contributed by atoms with van der Waals surface area (Å²) < 4.78 is 12.7. The van der Waals surface area contributed by atoms with Crippen molar-refractivity contribution in [2.75, 3.05) is 6.61 Å². The highest BCUT2D eigenvalue weighted by atomic mass is 127. The van der Waals surface area contributed by atoms with Gasteiger partial charge in [-0.05, 0) is 120 Å². The van der Waals surface area contributed by atoms with Crippen molar-refractivity contribution in [1.29, 1.82) is 0 Å². The summed E-state index contributed by atoms with van der Waals surface area (Å²) in [5.74, 6) is 0.260. The highest BCUT2D eigenvalue weighted by molar-refractivity contribution is 14.1. The van der Waals surface area contributed by atoms with E-state index in [0.29, 0.717) is 18.1 Å². The quantitative estimate of drug-likeness (QED) is 0.255. The van der Waals surface area contributed by atoms with Crippen molar-refractivity contribution in [3.63, 3.8) is 0 Å². The second kappa shape index (κ2) is 11.3. The summed E-state index contributed by atoms with van der Waals surface area (Å²) in [6.45, 7) is 3.80. The van der Waals surface area contributed by atoms with Gasteiger partial charge in [-0.25, -0.2) is 4.79 Å². The van der Waals surface area contributed by atoms with Crippen molar-refractivity contribution >= 4 is 45.9 Å². The second-order valence-corrected chi connectivity index (χ2v) is 10.9. The van der Waals surface area contributed by atoms with Crippen LogP contribution in [0.15, 0.2) is 77.7 Å². The van der Waals surface area contributed by atoms with Gasteiger partial charge in [0.2, 0.25) is 0 Å². The first-order chi connectivity index (χ1) is 16.4. The monoisotopic (exact) mass is 586 g/mol. The highest BCUT2D eigenvalue weighted by Gasteiger charge is 2.22. The molecule has 0 bridgehead atoms. The summed E-state index contributed by atoms with van der Waals surface area (Å²) in [6.07, 6.45) is 3.85. The Kier molecular flexibility index (Phi) is 8.21. The van der Waals surface area contributed by atoms with Gasteiger partial charge in [-0.2, -0.15) is 0 Å². The number of hydrogen-bond acceptors (Lipinski definition) is 4. The maximum absolute atomic E-state index is 11.1. The molecule has 0 spiro atoms. The van der Waals surface area contributed by atoms with E-state index in [1.807, 2.05) is 24.8 Å². The van der Waals surface area contributed by atoms with Crippen molar-refractivity contribution in [3.05, 3.63) is 93.1 Å². The number of carboxylic acids is 1. The van der Waals surface area contributed by atoms with Crippen LogP contribution in [0.4, 0.5) is 0 Å². The first kappa shape index (κ1) is 24.7. The van der Waals surface area contributed by atoms with Crippen LogP contribution in [-0.2, 0) is 4.79 Å². The molecule has 3 aromatic carbocycles. The predicted molar refractivity (Wildman–Crippen MR) is 146 cm³/mol. The van der Waals surface area contributed by atoms with Crippen LogP contribution < -0.4 is 9.47 Å². The molecule has 6 heteroatoms. The average Bonchev–Trinajstić information content (AvgIpc) is 3.64. The Hall–Kier alpha value is -2.45. The second-order valence-electron chi connectivity index (χ2n) is 8.30. The summed E-state index contributed by atoms with van der Waals surface area (Å²) >= 11 is 4.28. The van der Waals surface area contributed by atoms with Gasteiger partial charge in [-0.3, -0.25) is 0 Å². The van der Waals surface area contributed by atoms with Gasteiger partial charge in [0.1, 0.15) is 18.1 Å². The first-order valence-electron chi connectivity index (χ1n) is 11.2. The fourth-order valence-electron chi connectivity index (χ4n) is 3.43. The van der Waals surface area contributed by atoms with Crippen LogP contribution in [0.3, 0.4) is 0 Å². The summed E-state index contributed by atoms with van der Waals surface area (Å²) in [5.41, 5.74) is 4.27. The van der Waals surface area contributed by atoms with E-state index in [1.54, 1.807) is 12.1 Å².